The molecule has 0 heterocycles. The quantitative estimate of drug-likeness (QED) is 0.0720. The van der Waals surface area contributed by atoms with E-state index in [1.807, 2.05) is 0 Å². The molecule has 0 N–H and O–H groups in total. The van der Waals surface area contributed by atoms with Crippen molar-refractivity contribution < 1.29 is 0 Å². The lowest BCUT2D eigenvalue weighted by molar-refractivity contribution is 0.366. The first-order chi connectivity index (χ1) is 18.8. The van der Waals surface area contributed by atoms with Crippen molar-refractivity contribution in [2.24, 2.45) is 5.92 Å². The van der Waals surface area contributed by atoms with E-state index in [-0.39, 0.29) is 0 Å². The standard InChI is InChI=1S/C38H78/c1-4-7-10-13-15-17-19-21-22-23-25-27-29-31-34-37-38(35-32-12-9-6-3)36-33-30-28-26-24-20-18-16-14-11-8-5-2/h38H,4-37H2,1-3H3. The summed E-state index contributed by atoms with van der Waals surface area (Å²) in [6.45, 7) is 6.97. The second-order valence-electron chi connectivity index (χ2n) is 13.1. The Bertz CT molecular complexity index is 385. The van der Waals surface area contributed by atoms with Gasteiger partial charge in [-0.2, -0.15) is 0 Å². The van der Waals surface area contributed by atoms with Gasteiger partial charge in [-0.3, -0.25) is 0 Å². The van der Waals surface area contributed by atoms with Crippen molar-refractivity contribution in [2.45, 2.75) is 239 Å². The summed E-state index contributed by atoms with van der Waals surface area (Å²) in [5, 5.41) is 0. The van der Waals surface area contributed by atoms with Crippen molar-refractivity contribution in [2.75, 3.05) is 0 Å². The summed E-state index contributed by atoms with van der Waals surface area (Å²) >= 11 is 0. The summed E-state index contributed by atoms with van der Waals surface area (Å²) in [5.41, 5.74) is 0. The Labute approximate surface area is 244 Å². The van der Waals surface area contributed by atoms with Gasteiger partial charge in [0.2, 0.25) is 0 Å². The van der Waals surface area contributed by atoms with Crippen LogP contribution in [0, 0.1) is 5.92 Å². The zero-order chi connectivity index (χ0) is 27.6. The Hall–Kier alpha value is 0. The van der Waals surface area contributed by atoms with Crippen LogP contribution in [0.2, 0.25) is 0 Å². The highest BCUT2D eigenvalue weighted by Crippen LogP contribution is 2.25. The van der Waals surface area contributed by atoms with E-state index in [9.17, 15) is 0 Å². The third-order valence-corrected chi connectivity index (χ3v) is 9.15. The molecular weight excluding hydrogens is 456 g/mol. The molecule has 38 heavy (non-hydrogen) atoms. The molecule has 1 unspecified atom stereocenters. The molecule has 0 spiro atoms. The topological polar surface area (TPSA) is 0 Å². The van der Waals surface area contributed by atoms with E-state index in [2.05, 4.69) is 20.8 Å². The van der Waals surface area contributed by atoms with Gasteiger partial charge in [-0.05, 0) is 5.92 Å². The number of rotatable bonds is 34. The third kappa shape index (κ3) is 32.2. The predicted molar refractivity (Wildman–Crippen MR) is 177 cm³/mol. The Balaban J connectivity index is 3.62. The third-order valence-electron chi connectivity index (χ3n) is 9.15. The van der Waals surface area contributed by atoms with Crippen molar-refractivity contribution >= 4 is 0 Å². The molecule has 0 aromatic rings. The van der Waals surface area contributed by atoms with Gasteiger partial charge >= 0.3 is 0 Å². The van der Waals surface area contributed by atoms with E-state index < -0.39 is 0 Å². The zero-order valence-corrected chi connectivity index (χ0v) is 27.6. The fourth-order valence-corrected chi connectivity index (χ4v) is 6.37. The summed E-state index contributed by atoms with van der Waals surface area (Å²) in [4.78, 5) is 0. The minimum absolute atomic E-state index is 1.04. The van der Waals surface area contributed by atoms with Gasteiger partial charge < -0.3 is 0 Å². The monoisotopic (exact) mass is 535 g/mol. The second-order valence-corrected chi connectivity index (χ2v) is 13.1. The first-order valence-corrected chi connectivity index (χ1v) is 18.8. The average Bonchev–Trinajstić information content (AvgIpc) is 2.93. The molecule has 0 aromatic carbocycles. The van der Waals surface area contributed by atoms with Gasteiger partial charge in [-0.15, -0.1) is 0 Å². The second kappa shape index (κ2) is 35.0. The smallest absolute Gasteiger partial charge is 0.0414 e. The largest absolute Gasteiger partial charge is 0.0654 e. The molecule has 0 rings (SSSR count). The fourth-order valence-electron chi connectivity index (χ4n) is 6.37. The first kappa shape index (κ1) is 38.0. The summed E-state index contributed by atoms with van der Waals surface area (Å²) in [7, 11) is 0. The van der Waals surface area contributed by atoms with Crippen LogP contribution in [0.15, 0.2) is 0 Å². The van der Waals surface area contributed by atoms with Gasteiger partial charge in [0.15, 0.2) is 0 Å². The lowest BCUT2D eigenvalue weighted by Crippen LogP contribution is -2.01. The molecule has 0 saturated carbocycles. The Morgan fingerprint density at radius 2 is 0.368 bits per heavy atom. The zero-order valence-electron chi connectivity index (χ0n) is 27.6. The summed E-state index contributed by atoms with van der Waals surface area (Å²) in [6, 6.07) is 0. The molecule has 0 heteroatoms. The van der Waals surface area contributed by atoms with Crippen molar-refractivity contribution in [3.63, 3.8) is 0 Å². The maximum absolute atomic E-state index is 2.35. The minimum atomic E-state index is 1.04. The van der Waals surface area contributed by atoms with Crippen LogP contribution in [-0.4, -0.2) is 0 Å². The number of hydrogen-bond donors (Lipinski definition) is 0. The lowest BCUT2D eigenvalue weighted by atomic mass is 9.89. The van der Waals surface area contributed by atoms with Crippen molar-refractivity contribution in [1.29, 1.82) is 0 Å². The van der Waals surface area contributed by atoms with Gasteiger partial charge in [-0.1, -0.05) is 239 Å². The molecule has 230 valence electrons. The highest BCUT2D eigenvalue weighted by Gasteiger charge is 2.08. The molecule has 0 aliphatic rings. The lowest BCUT2D eigenvalue weighted by Gasteiger charge is -2.17. The van der Waals surface area contributed by atoms with E-state index in [1.54, 1.807) is 0 Å². The normalized spacial score (nSPS) is 12.4. The highest BCUT2D eigenvalue weighted by molar-refractivity contribution is 4.62. The van der Waals surface area contributed by atoms with Gasteiger partial charge in [0, 0.05) is 0 Å². The molecule has 0 aliphatic carbocycles. The van der Waals surface area contributed by atoms with Crippen molar-refractivity contribution in [3.8, 4) is 0 Å². The van der Waals surface area contributed by atoms with Crippen molar-refractivity contribution in [3.05, 3.63) is 0 Å². The molecule has 1 atom stereocenters. The molecule has 0 aliphatic heterocycles. The Morgan fingerprint density at radius 3 is 0.579 bits per heavy atom. The SMILES string of the molecule is CCCCCCCCCCCCCCCCCC(CCCCCC)CCCCCCCCCCCCCC. The number of unbranched alkanes of at least 4 members (excludes halogenated alkanes) is 28. The maximum Gasteiger partial charge on any atom is -0.0414 e. The van der Waals surface area contributed by atoms with E-state index in [0.29, 0.717) is 0 Å². The van der Waals surface area contributed by atoms with Crippen LogP contribution in [0.4, 0.5) is 0 Å². The summed E-state index contributed by atoms with van der Waals surface area (Å²) in [5.74, 6) is 1.04. The van der Waals surface area contributed by atoms with E-state index >= 15 is 0 Å². The van der Waals surface area contributed by atoms with E-state index in [1.165, 1.54) is 218 Å². The van der Waals surface area contributed by atoms with Crippen LogP contribution in [0.1, 0.15) is 239 Å². The molecule has 0 radical (unpaired) electrons. The molecule has 0 fully saturated rings. The Kier molecular flexibility index (Phi) is 35.0. The van der Waals surface area contributed by atoms with Crippen LogP contribution in [0.25, 0.3) is 0 Å². The van der Waals surface area contributed by atoms with Crippen LogP contribution in [-0.2, 0) is 0 Å². The van der Waals surface area contributed by atoms with E-state index in [4.69, 9.17) is 0 Å². The van der Waals surface area contributed by atoms with Gasteiger partial charge in [-0.25, -0.2) is 0 Å². The molecule has 0 aromatic heterocycles. The van der Waals surface area contributed by atoms with Crippen LogP contribution in [0.5, 0.6) is 0 Å². The summed E-state index contributed by atoms with van der Waals surface area (Å²) in [6.07, 6.45) is 50.3. The van der Waals surface area contributed by atoms with Crippen LogP contribution < -0.4 is 0 Å². The average molecular weight is 535 g/mol. The van der Waals surface area contributed by atoms with Crippen LogP contribution in [0.3, 0.4) is 0 Å². The maximum atomic E-state index is 2.35. The van der Waals surface area contributed by atoms with Gasteiger partial charge in [0.1, 0.15) is 0 Å². The van der Waals surface area contributed by atoms with Crippen molar-refractivity contribution in [1.82, 2.24) is 0 Å². The first-order valence-electron chi connectivity index (χ1n) is 18.8. The van der Waals surface area contributed by atoms with Crippen LogP contribution >= 0.6 is 0 Å². The molecule has 0 saturated heterocycles. The molecule has 0 amide bonds. The van der Waals surface area contributed by atoms with Gasteiger partial charge in [0.25, 0.3) is 0 Å². The molecular formula is C38H78. The Morgan fingerprint density at radius 1 is 0.211 bits per heavy atom. The summed E-state index contributed by atoms with van der Waals surface area (Å²) < 4.78 is 0. The minimum Gasteiger partial charge on any atom is -0.0654 e. The molecule has 0 nitrogen and oxygen atoms in total. The predicted octanol–water partition coefficient (Wildman–Crippen LogP) is 14.9. The molecule has 0 bridgehead atoms. The number of hydrogen-bond acceptors (Lipinski definition) is 0. The van der Waals surface area contributed by atoms with E-state index in [0.717, 1.165) is 5.92 Å². The van der Waals surface area contributed by atoms with Gasteiger partial charge in [0.05, 0.1) is 0 Å². The fraction of sp³-hybridized carbons (Fsp3) is 1.00. The highest BCUT2D eigenvalue weighted by atomic mass is 14.1.